The number of aryl methyl sites for hydroxylation is 1. The van der Waals surface area contributed by atoms with Crippen molar-refractivity contribution in [2.75, 3.05) is 11.9 Å². The van der Waals surface area contributed by atoms with Crippen LogP contribution in [0.2, 0.25) is 0 Å². The SMILES string of the molecule is CCCNc1nc(-c2ccsc2C)nc(-n2ccnc2)n1. The number of imidazole rings is 1. The van der Waals surface area contributed by atoms with Gasteiger partial charge in [0.2, 0.25) is 11.9 Å². The lowest BCUT2D eigenvalue weighted by Gasteiger charge is -2.08. The molecule has 0 spiro atoms. The zero-order chi connectivity index (χ0) is 14.7. The van der Waals surface area contributed by atoms with E-state index in [4.69, 9.17) is 0 Å². The van der Waals surface area contributed by atoms with Gasteiger partial charge in [0.05, 0.1) is 0 Å². The molecule has 21 heavy (non-hydrogen) atoms. The lowest BCUT2D eigenvalue weighted by Crippen LogP contribution is -2.10. The van der Waals surface area contributed by atoms with Crippen LogP contribution < -0.4 is 5.32 Å². The predicted molar refractivity (Wildman–Crippen MR) is 83.8 cm³/mol. The van der Waals surface area contributed by atoms with Crippen LogP contribution in [0, 0.1) is 6.92 Å². The summed E-state index contributed by atoms with van der Waals surface area (Å²) in [6, 6.07) is 2.04. The highest BCUT2D eigenvalue weighted by Gasteiger charge is 2.12. The molecule has 1 N–H and O–H groups in total. The Balaban J connectivity index is 2.07. The summed E-state index contributed by atoms with van der Waals surface area (Å²) in [6.45, 7) is 5.00. The minimum atomic E-state index is 0.571. The van der Waals surface area contributed by atoms with E-state index in [1.54, 1.807) is 28.4 Å². The fraction of sp³-hybridized carbons (Fsp3) is 0.286. The molecule has 6 nitrogen and oxygen atoms in total. The first-order valence-corrected chi connectivity index (χ1v) is 7.68. The van der Waals surface area contributed by atoms with Crippen LogP contribution in [0.4, 0.5) is 5.95 Å². The third-order valence-electron chi connectivity index (χ3n) is 2.99. The topological polar surface area (TPSA) is 68.5 Å². The summed E-state index contributed by atoms with van der Waals surface area (Å²) in [7, 11) is 0. The molecular formula is C14H16N6S. The second-order valence-corrected chi connectivity index (χ2v) is 5.69. The van der Waals surface area contributed by atoms with Gasteiger partial charge in [-0.05, 0) is 24.8 Å². The number of nitrogens with zero attached hydrogens (tertiary/aromatic N) is 5. The van der Waals surface area contributed by atoms with Crippen molar-refractivity contribution in [1.82, 2.24) is 24.5 Å². The molecule has 0 atom stereocenters. The summed E-state index contributed by atoms with van der Waals surface area (Å²) in [5.74, 6) is 1.85. The summed E-state index contributed by atoms with van der Waals surface area (Å²) in [5, 5.41) is 5.27. The van der Waals surface area contributed by atoms with Crippen LogP contribution in [0.3, 0.4) is 0 Å². The Kier molecular flexibility index (Phi) is 3.92. The quantitative estimate of drug-likeness (QED) is 0.784. The molecule has 0 saturated carbocycles. The smallest absolute Gasteiger partial charge is 0.240 e. The van der Waals surface area contributed by atoms with Crippen LogP contribution in [0.15, 0.2) is 30.2 Å². The number of thiophene rings is 1. The molecule has 0 unspecified atom stereocenters. The highest BCUT2D eigenvalue weighted by atomic mass is 32.1. The van der Waals surface area contributed by atoms with Crippen molar-refractivity contribution in [3.8, 4) is 17.3 Å². The molecule has 0 amide bonds. The number of anilines is 1. The number of hydrogen-bond acceptors (Lipinski definition) is 6. The first-order chi connectivity index (χ1) is 10.3. The van der Waals surface area contributed by atoms with Crippen molar-refractivity contribution < 1.29 is 0 Å². The molecule has 0 fully saturated rings. The van der Waals surface area contributed by atoms with Gasteiger partial charge >= 0.3 is 0 Å². The number of nitrogens with one attached hydrogen (secondary N) is 1. The molecule has 108 valence electrons. The Labute approximate surface area is 126 Å². The van der Waals surface area contributed by atoms with E-state index < -0.39 is 0 Å². The van der Waals surface area contributed by atoms with Gasteiger partial charge in [0.1, 0.15) is 6.33 Å². The Morgan fingerprint density at radius 2 is 2.19 bits per heavy atom. The average molecular weight is 300 g/mol. The lowest BCUT2D eigenvalue weighted by atomic mass is 10.2. The average Bonchev–Trinajstić information content (AvgIpc) is 3.16. The Morgan fingerprint density at radius 1 is 1.29 bits per heavy atom. The molecule has 0 saturated heterocycles. The zero-order valence-electron chi connectivity index (χ0n) is 11.9. The lowest BCUT2D eigenvalue weighted by molar-refractivity contribution is 0.882. The van der Waals surface area contributed by atoms with E-state index in [0.29, 0.717) is 17.7 Å². The Hall–Kier alpha value is -2.28. The molecule has 0 aliphatic rings. The second kappa shape index (κ2) is 6.01. The first-order valence-electron chi connectivity index (χ1n) is 6.80. The minimum Gasteiger partial charge on any atom is -0.354 e. The maximum Gasteiger partial charge on any atom is 0.240 e. The summed E-state index contributed by atoms with van der Waals surface area (Å²) in [6.07, 6.45) is 6.23. The number of rotatable bonds is 5. The van der Waals surface area contributed by atoms with E-state index in [1.165, 1.54) is 4.88 Å². The van der Waals surface area contributed by atoms with Crippen LogP contribution in [-0.2, 0) is 0 Å². The van der Waals surface area contributed by atoms with Crippen molar-refractivity contribution in [3.05, 3.63) is 35.0 Å². The normalized spacial score (nSPS) is 10.8. The molecule has 3 heterocycles. The summed E-state index contributed by atoms with van der Waals surface area (Å²) >= 11 is 1.69. The molecule has 0 radical (unpaired) electrons. The fourth-order valence-electron chi connectivity index (χ4n) is 1.91. The molecular weight excluding hydrogens is 284 g/mol. The van der Waals surface area contributed by atoms with Gasteiger partial charge in [0.25, 0.3) is 0 Å². The van der Waals surface area contributed by atoms with Crippen molar-refractivity contribution in [2.45, 2.75) is 20.3 Å². The van der Waals surface area contributed by atoms with Crippen LogP contribution in [0.5, 0.6) is 0 Å². The molecule has 0 aromatic carbocycles. The van der Waals surface area contributed by atoms with Gasteiger partial charge in [-0.25, -0.2) is 4.98 Å². The van der Waals surface area contributed by atoms with E-state index in [2.05, 4.69) is 39.1 Å². The van der Waals surface area contributed by atoms with E-state index in [1.807, 2.05) is 17.6 Å². The van der Waals surface area contributed by atoms with Gasteiger partial charge in [0.15, 0.2) is 5.82 Å². The van der Waals surface area contributed by atoms with Gasteiger partial charge in [-0.1, -0.05) is 6.92 Å². The third-order valence-corrected chi connectivity index (χ3v) is 3.84. The fourth-order valence-corrected chi connectivity index (χ4v) is 2.61. The van der Waals surface area contributed by atoms with Gasteiger partial charge in [0, 0.05) is 29.4 Å². The van der Waals surface area contributed by atoms with Crippen LogP contribution >= 0.6 is 11.3 Å². The zero-order valence-corrected chi connectivity index (χ0v) is 12.8. The minimum absolute atomic E-state index is 0.571. The maximum atomic E-state index is 4.55. The number of hydrogen-bond donors (Lipinski definition) is 1. The standard InChI is InChI=1S/C14H16N6S/c1-3-5-16-13-17-12(11-4-8-21-10(11)2)18-14(19-13)20-7-6-15-9-20/h4,6-9H,3,5H2,1-2H3,(H,16,17,18,19). The summed E-state index contributed by atoms with van der Waals surface area (Å²) in [5.41, 5.74) is 1.04. The van der Waals surface area contributed by atoms with E-state index >= 15 is 0 Å². The highest BCUT2D eigenvalue weighted by molar-refractivity contribution is 7.10. The molecule has 3 rings (SSSR count). The second-order valence-electron chi connectivity index (χ2n) is 4.57. The van der Waals surface area contributed by atoms with Crippen molar-refractivity contribution in [3.63, 3.8) is 0 Å². The van der Waals surface area contributed by atoms with Crippen LogP contribution in [-0.4, -0.2) is 31.0 Å². The molecule has 3 aromatic heterocycles. The molecule has 0 bridgehead atoms. The molecule has 7 heteroatoms. The molecule has 3 aromatic rings. The third kappa shape index (κ3) is 2.92. The van der Waals surface area contributed by atoms with Crippen LogP contribution in [0.25, 0.3) is 17.3 Å². The monoisotopic (exact) mass is 300 g/mol. The van der Waals surface area contributed by atoms with Crippen molar-refractivity contribution in [1.29, 1.82) is 0 Å². The number of aromatic nitrogens is 5. The van der Waals surface area contributed by atoms with Gasteiger partial charge in [-0.15, -0.1) is 11.3 Å². The van der Waals surface area contributed by atoms with Crippen molar-refractivity contribution >= 4 is 17.3 Å². The van der Waals surface area contributed by atoms with E-state index in [-0.39, 0.29) is 0 Å². The molecule has 0 aliphatic heterocycles. The van der Waals surface area contributed by atoms with Crippen LogP contribution in [0.1, 0.15) is 18.2 Å². The largest absolute Gasteiger partial charge is 0.354 e. The highest BCUT2D eigenvalue weighted by Crippen LogP contribution is 2.25. The maximum absolute atomic E-state index is 4.55. The summed E-state index contributed by atoms with van der Waals surface area (Å²) < 4.78 is 1.78. The van der Waals surface area contributed by atoms with E-state index in [9.17, 15) is 0 Å². The van der Waals surface area contributed by atoms with E-state index in [0.717, 1.165) is 18.5 Å². The molecule has 0 aliphatic carbocycles. The Bertz CT molecular complexity index is 719. The first kappa shape index (κ1) is 13.7. The summed E-state index contributed by atoms with van der Waals surface area (Å²) in [4.78, 5) is 18.8. The van der Waals surface area contributed by atoms with Gasteiger partial charge in [-0.3, -0.25) is 4.57 Å². The Morgan fingerprint density at radius 3 is 2.86 bits per heavy atom. The van der Waals surface area contributed by atoms with Crippen molar-refractivity contribution in [2.24, 2.45) is 0 Å². The predicted octanol–water partition coefficient (Wildman–Crippen LogP) is 2.92. The van der Waals surface area contributed by atoms with Gasteiger partial charge in [-0.2, -0.15) is 15.0 Å². The van der Waals surface area contributed by atoms with Gasteiger partial charge < -0.3 is 5.32 Å².